The SMILES string of the molecule is CNc1cccc2ccnc(N3CCCC(C)C3)c12. The number of fused-ring (bicyclic) bond motifs is 1. The Bertz CT molecular complexity index is 574. The molecule has 3 nitrogen and oxygen atoms in total. The molecule has 0 saturated carbocycles. The van der Waals surface area contributed by atoms with E-state index in [1.165, 1.54) is 29.3 Å². The van der Waals surface area contributed by atoms with Gasteiger partial charge in [0.2, 0.25) is 0 Å². The highest BCUT2D eigenvalue weighted by atomic mass is 15.2. The van der Waals surface area contributed by atoms with Gasteiger partial charge in [0.25, 0.3) is 0 Å². The molecule has 1 aliphatic heterocycles. The van der Waals surface area contributed by atoms with E-state index in [2.05, 4.69) is 46.4 Å². The summed E-state index contributed by atoms with van der Waals surface area (Å²) >= 11 is 0. The summed E-state index contributed by atoms with van der Waals surface area (Å²) in [4.78, 5) is 7.10. The maximum Gasteiger partial charge on any atom is 0.138 e. The smallest absolute Gasteiger partial charge is 0.138 e. The molecule has 2 aromatic rings. The van der Waals surface area contributed by atoms with Gasteiger partial charge in [-0.25, -0.2) is 4.98 Å². The van der Waals surface area contributed by atoms with E-state index in [1.807, 2.05) is 13.2 Å². The number of pyridine rings is 1. The van der Waals surface area contributed by atoms with Gasteiger partial charge in [0.1, 0.15) is 5.82 Å². The van der Waals surface area contributed by atoms with Gasteiger partial charge in [0.15, 0.2) is 0 Å². The van der Waals surface area contributed by atoms with Gasteiger partial charge in [-0.15, -0.1) is 0 Å². The largest absolute Gasteiger partial charge is 0.388 e. The molecule has 2 heterocycles. The number of hydrogen-bond donors (Lipinski definition) is 1. The van der Waals surface area contributed by atoms with Crippen molar-refractivity contribution in [1.29, 1.82) is 0 Å². The highest BCUT2D eigenvalue weighted by molar-refractivity contribution is 6.01. The molecule has 0 amide bonds. The van der Waals surface area contributed by atoms with Crippen LogP contribution in [0.1, 0.15) is 19.8 Å². The third kappa shape index (κ3) is 2.25. The van der Waals surface area contributed by atoms with Crippen molar-refractivity contribution in [1.82, 2.24) is 4.98 Å². The minimum atomic E-state index is 0.757. The Balaban J connectivity index is 2.12. The van der Waals surface area contributed by atoms with Crippen molar-refractivity contribution in [3.8, 4) is 0 Å². The lowest BCUT2D eigenvalue weighted by atomic mass is 9.99. The van der Waals surface area contributed by atoms with Crippen LogP contribution >= 0.6 is 0 Å². The van der Waals surface area contributed by atoms with E-state index < -0.39 is 0 Å². The van der Waals surface area contributed by atoms with Crippen LogP contribution < -0.4 is 10.2 Å². The van der Waals surface area contributed by atoms with Gasteiger partial charge in [0, 0.05) is 37.4 Å². The Morgan fingerprint density at radius 2 is 2.21 bits per heavy atom. The Labute approximate surface area is 114 Å². The fraction of sp³-hybridized carbons (Fsp3) is 0.438. The quantitative estimate of drug-likeness (QED) is 0.890. The zero-order chi connectivity index (χ0) is 13.2. The predicted molar refractivity (Wildman–Crippen MR) is 81.9 cm³/mol. The second-order valence-corrected chi connectivity index (χ2v) is 5.48. The van der Waals surface area contributed by atoms with Crippen molar-refractivity contribution in [2.45, 2.75) is 19.8 Å². The van der Waals surface area contributed by atoms with Gasteiger partial charge in [0.05, 0.1) is 0 Å². The number of rotatable bonds is 2. The molecular weight excluding hydrogens is 234 g/mol. The molecule has 0 spiro atoms. The third-order valence-corrected chi connectivity index (χ3v) is 4.00. The minimum Gasteiger partial charge on any atom is -0.388 e. The molecule has 3 rings (SSSR count). The first-order valence-electron chi connectivity index (χ1n) is 7.10. The lowest BCUT2D eigenvalue weighted by Crippen LogP contribution is -2.35. The van der Waals surface area contributed by atoms with Gasteiger partial charge in [-0.2, -0.15) is 0 Å². The van der Waals surface area contributed by atoms with Crippen molar-refractivity contribution in [3.05, 3.63) is 30.5 Å². The number of nitrogens with one attached hydrogen (secondary N) is 1. The van der Waals surface area contributed by atoms with Gasteiger partial charge >= 0.3 is 0 Å². The average Bonchev–Trinajstić information content (AvgIpc) is 2.46. The van der Waals surface area contributed by atoms with E-state index in [-0.39, 0.29) is 0 Å². The first-order valence-corrected chi connectivity index (χ1v) is 7.10. The molecule has 0 bridgehead atoms. The van der Waals surface area contributed by atoms with Gasteiger partial charge in [-0.05, 0) is 36.3 Å². The second kappa shape index (κ2) is 5.08. The van der Waals surface area contributed by atoms with Crippen LogP contribution in [-0.2, 0) is 0 Å². The highest BCUT2D eigenvalue weighted by Crippen LogP contribution is 2.33. The van der Waals surface area contributed by atoms with Crippen LogP contribution in [0, 0.1) is 5.92 Å². The minimum absolute atomic E-state index is 0.757. The van der Waals surface area contributed by atoms with Crippen molar-refractivity contribution >= 4 is 22.3 Å². The zero-order valence-corrected chi connectivity index (χ0v) is 11.7. The highest BCUT2D eigenvalue weighted by Gasteiger charge is 2.20. The molecule has 3 heteroatoms. The van der Waals surface area contributed by atoms with Crippen molar-refractivity contribution < 1.29 is 0 Å². The summed E-state index contributed by atoms with van der Waals surface area (Å²) in [7, 11) is 1.98. The Morgan fingerprint density at radius 3 is 3.00 bits per heavy atom. The normalized spacial score (nSPS) is 19.7. The van der Waals surface area contributed by atoms with Crippen molar-refractivity contribution in [3.63, 3.8) is 0 Å². The second-order valence-electron chi connectivity index (χ2n) is 5.48. The molecule has 1 aliphatic rings. The first-order chi connectivity index (χ1) is 9.29. The van der Waals surface area contributed by atoms with E-state index in [9.17, 15) is 0 Å². The molecule has 1 fully saturated rings. The van der Waals surface area contributed by atoms with Gasteiger partial charge in [-0.3, -0.25) is 0 Å². The van der Waals surface area contributed by atoms with Crippen LogP contribution in [0.5, 0.6) is 0 Å². The number of anilines is 2. The Morgan fingerprint density at radius 1 is 1.32 bits per heavy atom. The molecule has 1 aromatic heterocycles. The van der Waals surface area contributed by atoms with Crippen LogP contribution in [0.15, 0.2) is 30.5 Å². The first kappa shape index (κ1) is 12.3. The number of piperidine rings is 1. The summed E-state index contributed by atoms with van der Waals surface area (Å²) in [6.45, 7) is 4.56. The summed E-state index contributed by atoms with van der Waals surface area (Å²) in [6.07, 6.45) is 4.53. The molecule has 1 N–H and O–H groups in total. The van der Waals surface area contributed by atoms with Gasteiger partial charge < -0.3 is 10.2 Å². The summed E-state index contributed by atoms with van der Waals surface area (Å²) < 4.78 is 0. The van der Waals surface area contributed by atoms with Crippen molar-refractivity contribution in [2.24, 2.45) is 5.92 Å². The van der Waals surface area contributed by atoms with Crippen LogP contribution in [0.25, 0.3) is 10.8 Å². The molecule has 0 aliphatic carbocycles. The fourth-order valence-corrected chi connectivity index (χ4v) is 3.04. The monoisotopic (exact) mass is 255 g/mol. The molecule has 0 radical (unpaired) electrons. The van der Waals surface area contributed by atoms with Crippen LogP contribution in [0.2, 0.25) is 0 Å². The molecule has 1 atom stereocenters. The Hall–Kier alpha value is -1.77. The fourth-order valence-electron chi connectivity index (χ4n) is 3.04. The van der Waals surface area contributed by atoms with E-state index in [0.29, 0.717) is 0 Å². The zero-order valence-electron chi connectivity index (χ0n) is 11.7. The van der Waals surface area contributed by atoms with Crippen molar-refractivity contribution in [2.75, 3.05) is 30.4 Å². The lowest BCUT2D eigenvalue weighted by molar-refractivity contribution is 0.445. The molecule has 100 valence electrons. The standard InChI is InChI=1S/C16H21N3/c1-12-5-4-10-19(11-12)16-15-13(8-9-18-16)6-3-7-14(15)17-2/h3,6-9,12,17H,4-5,10-11H2,1-2H3. The summed E-state index contributed by atoms with van der Waals surface area (Å²) in [6, 6.07) is 8.47. The summed E-state index contributed by atoms with van der Waals surface area (Å²) in [5.41, 5.74) is 1.17. The number of benzene rings is 1. The molecule has 1 aromatic carbocycles. The molecule has 19 heavy (non-hydrogen) atoms. The topological polar surface area (TPSA) is 28.2 Å². The van der Waals surface area contributed by atoms with Gasteiger partial charge in [-0.1, -0.05) is 19.1 Å². The maximum absolute atomic E-state index is 4.66. The van der Waals surface area contributed by atoms with Crippen LogP contribution in [-0.4, -0.2) is 25.1 Å². The number of aromatic nitrogens is 1. The van der Waals surface area contributed by atoms with E-state index in [0.717, 1.165) is 24.8 Å². The third-order valence-electron chi connectivity index (χ3n) is 4.00. The van der Waals surface area contributed by atoms with Crippen LogP contribution in [0.4, 0.5) is 11.5 Å². The molecular formula is C16H21N3. The average molecular weight is 255 g/mol. The lowest BCUT2D eigenvalue weighted by Gasteiger charge is -2.32. The molecule has 1 saturated heterocycles. The maximum atomic E-state index is 4.66. The molecule has 1 unspecified atom stereocenters. The predicted octanol–water partition coefficient (Wildman–Crippen LogP) is 3.51. The van der Waals surface area contributed by atoms with E-state index >= 15 is 0 Å². The van der Waals surface area contributed by atoms with Crippen LogP contribution in [0.3, 0.4) is 0 Å². The van der Waals surface area contributed by atoms with E-state index in [1.54, 1.807) is 0 Å². The summed E-state index contributed by atoms with van der Waals surface area (Å²) in [5, 5.41) is 5.80. The number of nitrogens with zero attached hydrogens (tertiary/aromatic N) is 2. The van der Waals surface area contributed by atoms with E-state index in [4.69, 9.17) is 0 Å². The summed E-state index contributed by atoms with van der Waals surface area (Å²) in [5.74, 6) is 1.89. The Kier molecular flexibility index (Phi) is 3.28. The number of hydrogen-bond acceptors (Lipinski definition) is 3.